The van der Waals surface area contributed by atoms with Gasteiger partial charge in [-0.1, -0.05) is 11.6 Å². The van der Waals surface area contributed by atoms with Gasteiger partial charge in [0.15, 0.2) is 5.75 Å². The topological polar surface area (TPSA) is 50.4 Å². The van der Waals surface area contributed by atoms with Gasteiger partial charge < -0.3 is 15.4 Å². The molecule has 6 heteroatoms. The van der Waals surface area contributed by atoms with Crippen molar-refractivity contribution in [2.24, 2.45) is 5.92 Å². The molecule has 1 aromatic rings. The van der Waals surface area contributed by atoms with Crippen LogP contribution in [0, 0.1) is 5.92 Å². The zero-order chi connectivity index (χ0) is 15.4. The van der Waals surface area contributed by atoms with Crippen LogP contribution in [0.3, 0.4) is 0 Å². The van der Waals surface area contributed by atoms with Crippen molar-refractivity contribution < 1.29 is 9.53 Å². The first-order valence-electron chi connectivity index (χ1n) is 7.17. The molecule has 0 aromatic heterocycles. The summed E-state index contributed by atoms with van der Waals surface area (Å²) in [6, 6.07) is 3.85. The van der Waals surface area contributed by atoms with E-state index in [9.17, 15) is 4.79 Å². The van der Waals surface area contributed by atoms with E-state index in [0.717, 1.165) is 23.9 Å². The molecule has 0 spiro atoms. The van der Waals surface area contributed by atoms with Crippen molar-refractivity contribution >= 4 is 39.1 Å². The minimum absolute atomic E-state index is 0.0217. The number of amides is 1. The van der Waals surface area contributed by atoms with Crippen LogP contribution < -0.4 is 15.4 Å². The number of hydrogen-bond acceptors (Lipinski definition) is 3. The quantitative estimate of drug-likeness (QED) is 0.841. The van der Waals surface area contributed by atoms with E-state index in [4.69, 9.17) is 16.3 Å². The molecule has 2 unspecified atom stereocenters. The number of hydrogen-bond donors (Lipinski definition) is 2. The highest BCUT2D eigenvalue weighted by Gasteiger charge is 2.25. The summed E-state index contributed by atoms with van der Waals surface area (Å²) in [6.07, 6.45) is 1.69. The minimum Gasteiger partial charge on any atom is -0.491 e. The molecule has 1 saturated heterocycles. The highest BCUT2D eigenvalue weighted by atomic mass is 79.9. The molecule has 1 aliphatic heterocycles. The third-order valence-electron chi connectivity index (χ3n) is 3.55. The minimum atomic E-state index is 0.0217. The Kier molecular flexibility index (Phi) is 5.90. The van der Waals surface area contributed by atoms with Gasteiger partial charge in [0.05, 0.1) is 16.8 Å². The Morgan fingerprint density at radius 3 is 3.00 bits per heavy atom. The fraction of sp³-hybridized carbons (Fsp3) is 0.533. The van der Waals surface area contributed by atoms with Crippen molar-refractivity contribution in [2.45, 2.75) is 32.7 Å². The van der Waals surface area contributed by atoms with Gasteiger partial charge in [0, 0.05) is 17.0 Å². The Labute approximate surface area is 138 Å². The van der Waals surface area contributed by atoms with Gasteiger partial charge in [-0.15, -0.1) is 0 Å². The predicted octanol–water partition coefficient (Wildman–Crippen LogP) is 3.83. The molecular weight excluding hydrogens is 356 g/mol. The number of rotatable bonds is 4. The SMILES string of the molecule is CCOc1c(Br)cc(Cl)cc1NC(=O)C1CCNC(C)C1. The van der Waals surface area contributed by atoms with Crippen LogP contribution >= 0.6 is 27.5 Å². The molecule has 0 bridgehead atoms. The van der Waals surface area contributed by atoms with E-state index in [1.54, 1.807) is 12.1 Å². The molecule has 1 aliphatic rings. The first-order valence-corrected chi connectivity index (χ1v) is 8.34. The van der Waals surface area contributed by atoms with Gasteiger partial charge in [0.1, 0.15) is 0 Å². The lowest BCUT2D eigenvalue weighted by Gasteiger charge is -2.27. The maximum Gasteiger partial charge on any atom is 0.227 e. The maximum atomic E-state index is 12.4. The van der Waals surface area contributed by atoms with E-state index in [2.05, 4.69) is 33.5 Å². The molecule has 21 heavy (non-hydrogen) atoms. The van der Waals surface area contributed by atoms with Crippen LogP contribution in [-0.4, -0.2) is 25.1 Å². The Balaban J connectivity index is 2.16. The molecule has 0 aliphatic carbocycles. The lowest BCUT2D eigenvalue weighted by molar-refractivity contribution is -0.120. The van der Waals surface area contributed by atoms with Crippen LogP contribution in [0.5, 0.6) is 5.75 Å². The number of carbonyl (C=O) groups excluding carboxylic acids is 1. The van der Waals surface area contributed by atoms with Crippen molar-refractivity contribution in [2.75, 3.05) is 18.5 Å². The second-order valence-electron chi connectivity index (χ2n) is 5.26. The van der Waals surface area contributed by atoms with Crippen LogP contribution in [0.1, 0.15) is 26.7 Å². The predicted molar refractivity (Wildman–Crippen MR) is 89.1 cm³/mol. The molecule has 2 rings (SSSR count). The second kappa shape index (κ2) is 7.47. The zero-order valence-corrected chi connectivity index (χ0v) is 14.6. The second-order valence-corrected chi connectivity index (χ2v) is 6.55. The van der Waals surface area contributed by atoms with E-state index < -0.39 is 0 Å². The van der Waals surface area contributed by atoms with Crippen molar-refractivity contribution in [1.82, 2.24) is 5.32 Å². The van der Waals surface area contributed by atoms with Crippen LogP contribution in [0.4, 0.5) is 5.69 Å². The molecule has 1 amide bonds. The lowest BCUT2D eigenvalue weighted by Crippen LogP contribution is -2.40. The van der Waals surface area contributed by atoms with Gasteiger partial charge in [0.2, 0.25) is 5.91 Å². The molecule has 1 heterocycles. The molecule has 1 fully saturated rings. The van der Waals surface area contributed by atoms with Gasteiger partial charge in [-0.25, -0.2) is 0 Å². The highest BCUT2D eigenvalue weighted by Crippen LogP contribution is 2.37. The zero-order valence-electron chi connectivity index (χ0n) is 12.2. The van der Waals surface area contributed by atoms with Gasteiger partial charge in [-0.05, 0) is 61.3 Å². The average molecular weight is 376 g/mol. The first-order chi connectivity index (χ1) is 10.0. The van der Waals surface area contributed by atoms with Gasteiger partial charge in [0.25, 0.3) is 0 Å². The molecular formula is C15H20BrClN2O2. The molecule has 4 nitrogen and oxygen atoms in total. The summed E-state index contributed by atoms with van der Waals surface area (Å²) in [5.74, 6) is 0.671. The van der Waals surface area contributed by atoms with Crippen LogP contribution in [-0.2, 0) is 4.79 Å². The molecule has 2 atom stereocenters. The van der Waals surface area contributed by atoms with Gasteiger partial charge in [-0.2, -0.15) is 0 Å². The summed E-state index contributed by atoms with van der Waals surface area (Å²) in [5, 5.41) is 6.86. The number of ether oxygens (including phenoxy) is 1. The monoisotopic (exact) mass is 374 g/mol. The Bertz CT molecular complexity index is 525. The van der Waals surface area contributed by atoms with Crippen molar-refractivity contribution in [1.29, 1.82) is 0 Å². The van der Waals surface area contributed by atoms with Gasteiger partial charge in [-0.3, -0.25) is 4.79 Å². The van der Waals surface area contributed by atoms with E-state index in [1.807, 2.05) is 6.92 Å². The molecule has 2 N–H and O–H groups in total. The normalized spacial score (nSPS) is 21.9. The Hall–Kier alpha value is -0.780. The Morgan fingerprint density at radius 2 is 2.33 bits per heavy atom. The van der Waals surface area contributed by atoms with Crippen LogP contribution in [0.15, 0.2) is 16.6 Å². The number of anilines is 1. The van der Waals surface area contributed by atoms with Gasteiger partial charge >= 0.3 is 0 Å². The number of halogens is 2. The summed E-state index contributed by atoms with van der Waals surface area (Å²) in [5.41, 5.74) is 0.618. The smallest absolute Gasteiger partial charge is 0.227 e. The van der Waals surface area contributed by atoms with Crippen molar-refractivity contribution in [3.8, 4) is 5.75 Å². The van der Waals surface area contributed by atoms with E-state index in [1.165, 1.54) is 0 Å². The molecule has 116 valence electrons. The van der Waals surface area contributed by atoms with Crippen molar-refractivity contribution in [3.05, 3.63) is 21.6 Å². The summed E-state index contributed by atoms with van der Waals surface area (Å²) >= 11 is 9.49. The maximum absolute atomic E-state index is 12.4. The number of piperidine rings is 1. The lowest BCUT2D eigenvalue weighted by atomic mass is 9.92. The van der Waals surface area contributed by atoms with E-state index >= 15 is 0 Å². The fourth-order valence-electron chi connectivity index (χ4n) is 2.55. The Morgan fingerprint density at radius 1 is 1.57 bits per heavy atom. The molecule has 0 radical (unpaired) electrons. The summed E-state index contributed by atoms with van der Waals surface area (Å²) in [6.45, 7) is 5.40. The standard InChI is InChI=1S/C15H20BrClN2O2/c1-3-21-14-12(16)7-11(17)8-13(14)19-15(20)10-4-5-18-9(2)6-10/h7-10,18H,3-6H2,1-2H3,(H,19,20). The number of nitrogens with one attached hydrogen (secondary N) is 2. The summed E-state index contributed by atoms with van der Waals surface area (Å²) < 4.78 is 6.34. The summed E-state index contributed by atoms with van der Waals surface area (Å²) in [7, 11) is 0. The largest absolute Gasteiger partial charge is 0.491 e. The molecule has 1 aromatic carbocycles. The van der Waals surface area contributed by atoms with Crippen LogP contribution in [0.25, 0.3) is 0 Å². The first kappa shape index (κ1) is 16.6. The van der Waals surface area contributed by atoms with Crippen LogP contribution in [0.2, 0.25) is 5.02 Å². The number of benzene rings is 1. The fourth-order valence-corrected chi connectivity index (χ4v) is 3.47. The van der Waals surface area contributed by atoms with E-state index in [0.29, 0.717) is 29.1 Å². The van der Waals surface area contributed by atoms with E-state index in [-0.39, 0.29) is 11.8 Å². The van der Waals surface area contributed by atoms with Crippen molar-refractivity contribution in [3.63, 3.8) is 0 Å². The summed E-state index contributed by atoms with van der Waals surface area (Å²) in [4.78, 5) is 12.4. The molecule has 0 saturated carbocycles. The average Bonchev–Trinajstić information content (AvgIpc) is 2.42. The highest BCUT2D eigenvalue weighted by molar-refractivity contribution is 9.10. The third kappa shape index (κ3) is 4.34. The number of carbonyl (C=O) groups is 1. The third-order valence-corrected chi connectivity index (χ3v) is 4.36.